The van der Waals surface area contributed by atoms with Gasteiger partial charge in [-0.05, 0) is 18.6 Å². The summed E-state index contributed by atoms with van der Waals surface area (Å²) in [4.78, 5) is 29.2. The fraction of sp³-hybridized carbons (Fsp3) is 0.438. The Morgan fingerprint density at radius 2 is 2.29 bits per heavy atom. The summed E-state index contributed by atoms with van der Waals surface area (Å²) in [7, 11) is 0. The lowest BCUT2D eigenvalue weighted by Crippen LogP contribution is -2.32. The Morgan fingerprint density at radius 3 is 2.96 bits per heavy atom. The molecule has 2 rings (SSSR count). The Labute approximate surface area is 144 Å². The van der Waals surface area contributed by atoms with Crippen molar-refractivity contribution in [2.45, 2.75) is 32.7 Å². The van der Waals surface area contributed by atoms with E-state index in [4.69, 9.17) is 9.52 Å². The number of hydrogen-bond acceptors (Lipinski definition) is 6. The van der Waals surface area contributed by atoms with E-state index in [2.05, 4.69) is 17.2 Å². The number of unbranched alkanes of at least 4 members (excludes halogenated alkanes) is 1. The Morgan fingerprint density at radius 1 is 1.46 bits per heavy atom. The number of nitrogens with one attached hydrogen (secondary N) is 1. The van der Waals surface area contributed by atoms with Crippen LogP contribution in [0, 0.1) is 0 Å². The highest BCUT2D eigenvalue weighted by atomic mass is 32.1. The molecule has 0 unspecified atom stereocenters. The van der Waals surface area contributed by atoms with Crippen molar-refractivity contribution >= 4 is 28.3 Å². The SMILES string of the molecule is CCCCNc1nc(C(=O)N(CCC(=O)O)Cc2ccco2)cs1. The number of carboxylic acids is 1. The van der Waals surface area contributed by atoms with Crippen LogP contribution in [0.5, 0.6) is 0 Å². The molecule has 8 heteroatoms. The molecule has 0 atom stereocenters. The minimum Gasteiger partial charge on any atom is -0.481 e. The van der Waals surface area contributed by atoms with Gasteiger partial charge in [0.15, 0.2) is 5.13 Å². The Hall–Kier alpha value is -2.35. The van der Waals surface area contributed by atoms with Gasteiger partial charge in [0.05, 0.1) is 19.2 Å². The summed E-state index contributed by atoms with van der Waals surface area (Å²) < 4.78 is 5.26. The Kier molecular flexibility index (Phi) is 6.80. The van der Waals surface area contributed by atoms with Gasteiger partial charge in [-0.2, -0.15) is 0 Å². The average molecular weight is 351 g/mol. The molecule has 0 bridgehead atoms. The van der Waals surface area contributed by atoms with Gasteiger partial charge in [-0.25, -0.2) is 4.98 Å². The number of carboxylic acid groups (broad SMARTS) is 1. The third kappa shape index (κ3) is 5.38. The van der Waals surface area contributed by atoms with Crippen LogP contribution in [0.3, 0.4) is 0 Å². The van der Waals surface area contributed by atoms with Crippen LogP contribution in [-0.4, -0.2) is 40.0 Å². The van der Waals surface area contributed by atoms with Gasteiger partial charge in [0, 0.05) is 18.5 Å². The number of carbonyl (C=O) groups excluding carboxylic acids is 1. The molecule has 2 N–H and O–H groups in total. The van der Waals surface area contributed by atoms with E-state index in [1.807, 2.05) is 0 Å². The summed E-state index contributed by atoms with van der Waals surface area (Å²) in [5, 5.41) is 14.4. The van der Waals surface area contributed by atoms with E-state index in [9.17, 15) is 9.59 Å². The first-order valence-electron chi connectivity index (χ1n) is 7.83. The van der Waals surface area contributed by atoms with Crippen LogP contribution in [-0.2, 0) is 11.3 Å². The predicted molar refractivity (Wildman–Crippen MR) is 91.2 cm³/mol. The minimum atomic E-state index is -0.951. The molecule has 0 saturated heterocycles. The van der Waals surface area contributed by atoms with Crippen molar-refractivity contribution in [1.82, 2.24) is 9.88 Å². The number of rotatable bonds is 10. The van der Waals surface area contributed by atoms with Gasteiger partial charge in [-0.3, -0.25) is 9.59 Å². The number of furan rings is 1. The second-order valence-electron chi connectivity index (χ2n) is 5.27. The largest absolute Gasteiger partial charge is 0.481 e. The van der Waals surface area contributed by atoms with Crippen LogP contribution in [0.1, 0.15) is 42.4 Å². The minimum absolute atomic E-state index is 0.102. The van der Waals surface area contributed by atoms with Gasteiger partial charge < -0.3 is 19.7 Å². The maximum absolute atomic E-state index is 12.6. The first kappa shape index (κ1) is 18.0. The first-order chi connectivity index (χ1) is 11.6. The van der Waals surface area contributed by atoms with E-state index in [1.54, 1.807) is 17.5 Å². The topological polar surface area (TPSA) is 95.7 Å². The van der Waals surface area contributed by atoms with Crippen molar-refractivity contribution in [3.63, 3.8) is 0 Å². The summed E-state index contributed by atoms with van der Waals surface area (Å²) in [5.74, 6) is -0.648. The van der Waals surface area contributed by atoms with Crippen LogP contribution >= 0.6 is 11.3 Å². The molecule has 0 aliphatic carbocycles. The molecule has 0 aliphatic rings. The molecular formula is C16H21N3O4S. The summed E-state index contributed by atoms with van der Waals surface area (Å²) in [6.45, 7) is 3.24. The molecule has 130 valence electrons. The third-order valence-electron chi connectivity index (χ3n) is 3.34. The van der Waals surface area contributed by atoms with Crippen LogP contribution in [0.25, 0.3) is 0 Å². The van der Waals surface area contributed by atoms with Crippen molar-refractivity contribution in [2.24, 2.45) is 0 Å². The summed E-state index contributed by atoms with van der Waals surface area (Å²) in [6.07, 6.45) is 3.51. The lowest BCUT2D eigenvalue weighted by molar-refractivity contribution is -0.137. The molecule has 0 radical (unpaired) electrons. The summed E-state index contributed by atoms with van der Waals surface area (Å²) in [6, 6.07) is 3.48. The average Bonchev–Trinajstić information content (AvgIpc) is 3.22. The highest BCUT2D eigenvalue weighted by molar-refractivity contribution is 7.13. The monoisotopic (exact) mass is 351 g/mol. The normalized spacial score (nSPS) is 10.5. The molecule has 2 aromatic heterocycles. The maximum atomic E-state index is 12.6. The van der Waals surface area contributed by atoms with Gasteiger partial charge in [0.2, 0.25) is 0 Å². The number of aromatic nitrogens is 1. The molecule has 24 heavy (non-hydrogen) atoms. The highest BCUT2D eigenvalue weighted by Gasteiger charge is 2.21. The van der Waals surface area contributed by atoms with Crippen molar-refractivity contribution in [3.8, 4) is 0 Å². The number of anilines is 1. The zero-order valence-corrected chi connectivity index (χ0v) is 14.3. The molecule has 0 spiro atoms. The molecular weight excluding hydrogens is 330 g/mol. The fourth-order valence-corrected chi connectivity index (χ4v) is 2.77. The maximum Gasteiger partial charge on any atom is 0.305 e. The first-order valence-corrected chi connectivity index (χ1v) is 8.71. The van der Waals surface area contributed by atoms with Gasteiger partial charge in [-0.15, -0.1) is 11.3 Å². The zero-order valence-electron chi connectivity index (χ0n) is 13.5. The quantitative estimate of drug-likeness (QED) is 0.639. The van der Waals surface area contributed by atoms with E-state index in [-0.39, 0.29) is 25.4 Å². The molecule has 1 amide bonds. The number of amides is 1. The second kappa shape index (κ2) is 9.07. The lowest BCUT2D eigenvalue weighted by Gasteiger charge is -2.19. The van der Waals surface area contributed by atoms with Crippen LogP contribution in [0.4, 0.5) is 5.13 Å². The molecule has 7 nitrogen and oxygen atoms in total. The van der Waals surface area contributed by atoms with Gasteiger partial charge in [-0.1, -0.05) is 13.3 Å². The standard InChI is InChI=1S/C16H21N3O4S/c1-2-3-7-17-16-18-13(11-24-16)15(22)19(8-6-14(20)21)10-12-5-4-9-23-12/h4-5,9,11H,2-3,6-8,10H2,1H3,(H,17,18)(H,20,21). The fourth-order valence-electron chi connectivity index (χ4n) is 2.06. The predicted octanol–water partition coefficient (Wildman–Crippen LogP) is 3.07. The molecule has 0 saturated carbocycles. The van der Waals surface area contributed by atoms with Crippen molar-refractivity contribution < 1.29 is 19.1 Å². The van der Waals surface area contributed by atoms with Gasteiger partial charge in [0.25, 0.3) is 5.91 Å². The van der Waals surface area contributed by atoms with Crippen molar-refractivity contribution in [2.75, 3.05) is 18.4 Å². The van der Waals surface area contributed by atoms with Crippen LogP contribution in [0.2, 0.25) is 0 Å². The number of hydrogen-bond donors (Lipinski definition) is 2. The Bertz CT molecular complexity index is 654. The smallest absolute Gasteiger partial charge is 0.305 e. The zero-order chi connectivity index (χ0) is 17.4. The molecule has 2 aromatic rings. The number of nitrogens with zero attached hydrogens (tertiary/aromatic N) is 2. The highest BCUT2D eigenvalue weighted by Crippen LogP contribution is 2.18. The van der Waals surface area contributed by atoms with E-state index in [0.29, 0.717) is 16.6 Å². The van der Waals surface area contributed by atoms with Crippen LogP contribution in [0.15, 0.2) is 28.2 Å². The van der Waals surface area contributed by atoms with E-state index in [1.165, 1.54) is 22.5 Å². The molecule has 0 aromatic carbocycles. The van der Waals surface area contributed by atoms with E-state index < -0.39 is 5.97 Å². The van der Waals surface area contributed by atoms with Crippen molar-refractivity contribution in [1.29, 1.82) is 0 Å². The molecule has 0 fully saturated rings. The van der Waals surface area contributed by atoms with E-state index in [0.717, 1.165) is 19.4 Å². The Balaban J connectivity index is 2.04. The summed E-state index contributed by atoms with van der Waals surface area (Å²) in [5.41, 5.74) is 0.316. The number of thiazole rings is 1. The molecule has 2 heterocycles. The van der Waals surface area contributed by atoms with Gasteiger partial charge in [0.1, 0.15) is 11.5 Å². The van der Waals surface area contributed by atoms with Crippen molar-refractivity contribution in [3.05, 3.63) is 35.2 Å². The van der Waals surface area contributed by atoms with E-state index >= 15 is 0 Å². The lowest BCUT2D eigenvalue weighted by atomic mass is 10.3. The molecule has 0 aliphatic heterocycles. The number of carbonyl (C=O) groups is 2. The summed E-state index contributed by atoms with van der Waals surface area (Å²) >= 11 is 1.37. The van der Waals surface area contributed by atoms with Crippen LogP contribution < -0.4 is 5.32 Å². The van der Waals surface area contributed by atoms with Gasteiger partial charge >= 0.3 is 5.97 Å². The number of aliphatic carboxylic acids is 1. The third-order valence-corrected chi connectivity index (χ3v) is 4.14. The second-order valence-corrected chi connectivity index (χ2v) is 6.13.